The van der Waals surface area contributed by atoms with Gasteiger partial charge in [0.15, 0.2) is 0 Å². The van der Waals surface area contributed by atoms with Crippen molar-refractivity contribution in [1.82, 2.24) is 0 Å². The molecule has 4 aromatic rings. The van der Waals surface area contributed by atoms with Crippen molar-refractivity contribution in [1.29, 1.82) is 0 Å². The van der Waals surface area contributed by atoms with E-state index in [1.54, 1.807) is 0 Å². The summed E-state index contributed by atoms with van der Waals surface area (Å²) in [5, 5.41) is 5.04. The monoisotopic (exact) mass is 381 g/mol. The fourth-order valence-corrected chi connectivity index (χ4v) is 3.87. The number of anilines is 1. The molecular formula is C27H27NO. The molecule has 0 fully saturated rings. The van der Waals surface area contributed by atoms with E-state index in [0.29, 0.717) is 6.61 Å². The van der Waals surface area contributed by atoms with Crippen molar-refractivity contribution in [2.45, 2.75) is 20.1 Å². The van der Waals surface area contributed by atoms with Crippen LogP contribution in [0.2, 0.25) is 0 Å². The maximum absolute atomic E-state index is 6.15. The third-order valence-corrected chi connectivity index (χ3v) is 5.27. The molecule has 1 unspecified atom stereocenters. The Bertz CT molecular complexity index is 1120. The summed E-state index contributed by atoms with van der Waals surface area (Å²) in [6, 6.07) is 30.0. The standard InChI is InChI=1S/C27H27NO/c1-3-28(27(29-4-2)18-17-21-11-6-5-7-12-21)26-16-10-15-24-19-22-13-8-9-14-23(22)20-25(24)26/h5-20,27H,3-4H2,1-2H3. The lowest BCUT2D eigenvalue weighted by atomic mass is 10.0. The quantitative estimate of drug-likeness (QED) is 0.255. The maximum atomic E-state index is 6.15. The molecule has 4 aromatic carbocycles. The van der Waals surface area contributed by atoms with Crippen molar-refractivity contribution in [2.75, 3.05) is 18.1 Å². The maximum Gasteiger partial charge on any atom is 0.149 e. The highest BCUT2D eigenvalue weighted by Gasteiger charge is 2.17. The van der Waals surface area contributed by atoms with Crippen molar-refractivity contribution in [3.63, 3.8) is 0 Å². The van der Waals surface area contributed by atoms with E-state index in [-0.39, 0.29) is 6.23 Å². The average molecular weight is 382 g/mol. The predicted octanol–water partition coefficient (Wildman–Crippen LogP) is 6.90. The molecule has 29 heavy (non-hydrogen) atoms. The van der Waals surface area contributed by atoms with Gasteiger partial charge in [-0.2, -0.15) is 0 Å². The zero-order chi connectivity index (χ0) is 20.1. The zero-order valence-electron chi connectivity index (χ0n) is 17.1. The Hall–Kier alpha value is -3.10. The van der Waals surface area contributed by atoms with Crippen LogP contribution in [0.1, 0.15) is 19.4 Å². The van der Waals surface area contributed by atoms with E-state index >= 15 is 0 Å². The molecule has 0 amide bonds. The van der Waals surface area contributed by atoms with Gasteiger partial charge in [-0.25, -0.2) is 0 Å². The molecule has 1 atom stereocenters. The van der Waals surface area contributed by atoms with Gasteiger partial charge in [0, 0.05) is 24.2 Å². The molecule has 0 aliphatic rings. The molecule has 4 rings (SSSR count). The van der Waals surface area contributed by atoms with Gasteiger partial charge in [0.05, 0.1) is 0 Å². The first-order valence-electron chi connectivity index (χ1n) is 10.3. The van der Waals surface area contributed by atoms with E-state index in [2.05, 4.69) is 103 Å². The van der Waals surface area contributed by atoms with E-state index in [0.717, 1.165) is 6.54 Å². The second-order valence-electron chi connectivity index (χ2n) is 7.10. The fraction of sp³-hybridized carbons (Fsp3) is 0.185. The smallest absolute Gasteiger partial charge is 0.149 e. The minimum absolute atomic E-state index is 0.123. The minimum Gasteiger partial charge on any atom is -0.355 e. The number of rotatable bonds is 7. The van der Waals surface area contributed by atoms with E-state index in [1.165, 1.54) is 32.8 Å². The molecule has 0 aromatic heterocycles. The van der Waals surface area contributed by atoms with Gasteiger partial charge in [0.25, 0.3) is 0 Å². The Kier molecular flexibility index (Phi) is 5.92. The third-order valence-electron chi connectivity index (χ3n) is 5.27. The van der Waals surface area contributed by atoms with Crippen molar-refractivity contribution >= 4 is 33.3 Å². The molecule has 0 aliphatic heterocycles. The van der Waals surface area contributed by atoms with E-state index in [4.69, 9.17) is 4.74 Å². The number of fused-ring (bicyclic) bond motifs is 2. The van der Waals surface area contributed by atoms with Crippen LogP contribution in [0.15, 0.2) is 91.0 Å². The van der Waals surface area contributed by atoms with E-state index < -0.39 is 0 Å². The van der Waals surface area contributed by atoms with Crippen molar-refractivity contribution in [3.05, 3.63) is 96.6 Å². The van der Waals surface area contributed by atoms with Gasteiger partial charge in [-0.15, -0.1) is 0 Å². The highest BCUT2D eigenvalue weighted by Crippen LogP contribution is 2.32. The van der Waals surface area contributed by atoms with Crippen LogP contribution in [0.25, 0.3) is 27.6 Å². The molecule has 0 spiro atoms. The number of ether oxygens (including phenoxy) is 1. The lowest BCUT2D eigenvalue weighted by Crippen LogP contribution is -2.36. The van der Waals surface area contributed by atoms with E-state index in [9.17, 15) is 0 Å². The Morgan fingerprint density at radius 2 is 1.48 bits per heavy atom. The Labute approximate surface area is 173 Å². The summed E-state index contributed by atoms with van der Waals surface area (Å²) in [5.74, 6) is 0. The summed E-state index contributed by atoms with van der Waals surface area (Å²) >= 11 is 0. The fourth-order valence-electron chi connectivity index (χ4n) is 3.87. The van der Waals surface area contributed by atoms with Gasteiger partial charge < -0.3 is 9.64 Å². The molecule has 146 valence electrons. The van der Waals surface area contributed by atoms with Gasteiger partial charge in [-0.1, -0.05) is 72.8 Å². The van der Waals surface area contributed by atoms with Crippen molar-refractivity contribution in [2.24, 2.45) is 0 Å². The number of hydrogen-bond donors (Lipinski definition) is 0. The molecule has 0 saturated carbocycles. The van der Waals surface area contributed by atoms with Gasteiger partial charge in [0.1, 0.15) is 6.23 Å². The van der Waals surface area contributed by atoms with Crippen LogP contribution in [0.3, 0.4) is 0 Å². The average Bonchev–Trinajstić information content (AvgIpc) is 2.77. The second kappa shape index (κ2) is 8.93. The van der Waals surface area contributed by atoms with Crippen LogP contribution in [0.4, 0.5) is 5.69 Å². The molecule has 2 heteroatoms. The Balaban J connectivity index is 1.77. The van der Waals surface area contributed by atoms with Crippen LogP contribution >= 0.6 is 0 Å². The van der Waals surface area contributed by atoms with Crippen LogP contribution in [0, 0.1) is 0 Å². The van der Waals surface area contributed by atoms with E-state index in [1.807, 2.05) is 13.0 Å². The second-order valence-corrected chi connectivity index (χ2v) is 7.10. The summed E-state index contributed by atoms with van der Waals surface area (Å²) in [6.45, 7) is 5.75. The molecule has 0 bridgehead atoms. The summed E-state index contributed by atoms with van der Waals surface area (Å²) in [6.07, 6.45) is 4.17. The first kappa shape index (κ1) is 19.2. The van der Waals surface area contributed by atoms with Crippen LogP contribution in [0.5, 0.6) is 0 Å². The third kappa shape index (κ3) is 4.18. The van der Waals surface area contributed by atoms with Crippen molar-refractivity contribution < 1.29 is 4.74 Å². The van der Waals surface area contributed by atoms with Gasteiger partial charge in [-0.3, -0.25) is 0 Å². The van der Waals surface area contributed by atoms with Gasteiger partial charge in [-0.05, 0) is 59.8 Å². The molecule has 2 nitrogen and oxygen atoms in total. The molecule has 0 aliphatic carbocycles. The summed E-state index contributed by atoms with van der Waals surface area (Å²) in [5.41, 5.74) is 2.38. The molecule has 0 N–H and O–H groups in total. The number of hydrogen-bond acceptors (Lipinski definition) is 2. The Morgan fingerprint density at radius 3 is 2.21 bits per heavy atom. The largest absolute Gasteiger partial charge is 0.355 e. The molecule has 0 radical (unpaired) electrons. The Morgan fingerprint density at radius 1 is 0.793 bits per heavy atom. The van der Waals surface area contributed by atoms with Crippen LogP contribution in [-0.4, -0.2) is 19.4 Å². The highest BCUT2D eigenvalue weighted by molar-refractivity contribution is 6.04. The predicted molar refractivity (Wildman–Crippen MR) is 125 cm³/mol. The first-order chi connectivity index (χ1) is 14.3. The number of likely N-dealkylation sites (N-methyl/N-ethyl adjacent to an activating group) is 1. The van der Waals surface area contributed by atoms with Gasteiger partial charge >= 0.3 is 0 Å². The molecular weight excluding hydrogens is 354 g/mol. The lowest BCUT2D eigenvalue weighted by Gasteiger charge is -2.31. The summed E-state index contributed by atoms with van der Waals surface area (Å²) in [7, 11) is 0. The van der Waals surface area contributed by atoms with Crippen LogP contribution < -0.4 is 4.90 Å². The first-order valence-corrected chi connectivity index (χ1v) is 10.3. The zero-order valence-corrected chi connectivity index (χ0v) is 17.1. The number of benzene rings is 4. The topological polar surface area (TPSA) is 12.5 Å². The summed E-state index contributed by atoms with van der Waals surface area (Å²) < 4.78 is 6.15. The SMILES string of the molecule is CCOC(C=Cc1ccccc1)N(CC)c1cccc2cc3ccccc3cc12. The van der Waals surface area contributed by atoms with Crippen molar-refractivity contribution in [3.8, 4) is 0 Å². The molecule has 0 saturated heterocycles. The van der Waals surface area contributed by atoms with Crippen LogP contribution in [-0.2, 0) is 4.74 Å². The normalized spacial score (nSPS) is 12.6. The highest BCUT2D eigenvalue weighted by atomic mass is 16.5. The summed E-state index contributed by atoms with van der Waals surface area (Å²) in [4.78, 5) is 2.33. The minimum atomic E-state index is -0.123. The number of nitrogens with zero attached hydrogens (tertiary/aromatic N) is 1. The van der Waals surface area contributed by atoms with Gasteiger partial charge in [0.2, 0.25) is 0 Å². The lowest BCUT2D eigenvalue weighted by molar-refractivity contribution is 0.0947. The molecule has 0 heterocycles.